The number of benzene rings is 1. The van der Waals surface area contributed by atoms with Gasteiger partial charge in [0.2, 0.25) is 5.95 Å². The molecule has 4 rings (SSSR count). The van der Waals surface area contributed by atoms with Gasteiger partial charge in [-0.3, -0.25) is 4.57 Å². The van der Waals surface area contributed by atoms with Crippen molar-refractivity contribution in [3.63, 3.8) is 0 Å². The fourth-order valence-electron chi connectivity index (χ4n) is 4.89. The maximum absolute atomic E-state index is 5.07. The summed E-state index contributed by atoms with van der Waals surface area (Å²) in [5.41, 5.74) is 5.69. The van der Waals surface area contributed by atoms with Crippen LogP contribution in [0.2, 0.25) is 0 Å². The molecule has 0 fully saturated rings. The predicted molar refractivity (Wildman–Crippen MR) is 158 cm³/mol. The number of fused-ring (bicyclic) bond motifs is 3. The SMILES string of the molecule is C=C/C=C\C(=C/C=C)c1nc(C(/C=C\C)=C/C=C\C)nc(-n2c3c(c4ccccc42)CCCCCC3)n1. The topological polar surface area (TPSA) is 43.6 Å². The van der Waals surface area contributed by atoms with E-state index in [1.807, 2.05) is 62.5 Å². The van der Waals surface area contributed by atoms with E-state index in [2.05, 4.69) is 42.0 Å². The van der Waals surface area contributed by atoms with Crippen LogP contribution in [0.4, 0.5) is 0 Å². The molecule has 4 heteroatoms. The highest BCUT2D eigenvalue weighted by Crippen LogP contribution is 2.33. The van der Waals surface area contributed by atoms with Crippen molar-refractivity contribution in [3.05, 3.63) is 121 Å². The Bertz CT molecular complexity index is 1410. The van der Waals surface area contributed by atoms with Gasteiger partial charge in [0.15, 0.2) is 11.6 Å². The predicted octanol–water partition coefficient (Wildman–Crippen LogP) is 8.32. The lowest BCUT2D eigenvalue weighted by molar-refractivity contribution is 0.606. The Morgan fingerprint density at radius 2 is 1.51 bits per heavy atom. The molecule has 1 aliphatic rings. The summed E-state index contributed by atoms with van der Waals surface area (Å²) in [6.07, 6.45) is 26.4. The average Bonchev–Trinajstić information content (AvgIpc) is 3.20. The zero-order valence-electron chi connectivity index (χ0n) is 22.0. The summed E-state index contributed by atoms with van der Waals surface area (Å²) in [7, 11) is 0. The van der Waals surface area contributed by atoms with Crippen molar-refractivity contribution in [1.82, 2.24) is 19.5 Å². The van der Waals surface area contributed by atoms with Gasteiger partial charge in [0, 0.05) is 22.2 Å². The molecule has 0 amide bonds. The molecule has 0 bridgehead atoms. The van der Waals surface area contributed by atoms with Crippen molar-refractivity contribution >= 4 is 22.0 Å². The van der Waals surface area contributed by atoms with E-state index in [1.165, 1.54) is 42.3 Å². The average molecular weight is 489 g/mol. The number of nitrogens with zero attached hydrogens (tertiary/aromatic N) is 4. The van der Waals surface area contributed by atoms with Gasteiger partial charge in [-0.1, -0.05) is 105 Å². The minimum atomic E-state index is 0.603. The summed E-state index contributed by atoms with van der Waals surface area (Å²) in [6, 6.07) is 8.65. The van der Waals surface area contributed by atoms with Gasteiger partial charge in [0.1, 0.15) is 0 Å². The Balaban J connectivity index is 2.05. The summed E-state index contributed by atoms with van der Waals surface area (Å²) in [5, 5.41) is 1.30. The number of allylic oxidation sites excluding steroid dienone is 12. The molecule has 2 aromatic heterocycles. The minimum absolute atomic E-state index is 0.603. The van der Waals surface area contributed by atoms with E-state index in [9.17, 15) is 0 Å². The fraction of sp³-hybridized carbons (Fsp3) is 0.242. The van der Waals surface area contributed by atoms with Crippen LogP contribution in [0.1, 0.15) is 62.4 Å². The van der Waals surface area contributed by atoms with Gasteiger partial charge in [-0.2, -0.15) is 9.97 Å². The summed E-state index contributed by atoms with van der Waals surface area (Å²) in [4.78, 5) is 15.0. The van der Waals surface area contributed by atoms with Crippen molar-refractivity contribution in [3.8, 4) is 5.95 Å². The number of hydrogen-bond acceptors (Lipinski definition) is 3. The Hall–Kier alpha value is -4.05. The highest BCUT2D eigenvalue weighted by Gasteiger charge is 2.22. The lowest BCUT2D eigenvalue weighted by atomic mass is 9.97. The molecule has 0 N–H and O–H groups in total. The lowest BCUT2D eigenvalue weighted by Gasteiger charge is -2.15. The lowest BCUT2D eigenvalue weighted by Crippen LogP contribution is -2.12. The van der Waals surface area contributed by atoms with Crippen molar-refractivity contribution < 1.29 is 0 Å². The first kappa shape index (κ1) is 26.0. The highest BCUT2D eigenvalue weighted by atomic mass is 15.2. The second kappa shape index (κ2) is 12.8. The molecule has 0 unspecified atom stereocenters. The maximum Gasteiger partial charge on any atom is 0.238 e. The zero-order chi connectivity index (χ0) is 26.0. The van der Waals surface area contributed by atoms with Crippen molar-refractivity contribution in [2.24, 2.45) is 0 Å². The minimum Gasteiger partial charge on any atom is -0.282 e. The van der Waals surface area contributed by atoms with Gasteiger partial charge in [-0.15, -0.1) is 0 Å². The molecule has 0 spiro atoms. The van der Waals surface area contributed by atoms with Crippen LogP contribution in [-0.4, -0.2) is 19.5 Å². The van der Waals surface area contributed by atoms with E-state index < -0.39 is 0 Å². The number of aryl methyl sites for hydroxylation is 1. The van der Waals surface area contributed by atoms with Crippen LogP contribution in [-0.2, 0) is 12.8 Å². The summed E-state index contributed by atoms with van der Waals surface area (Å²) < 4.78 is 2.27. The van der Waals surface area contributed by atoms with Crippen molar-refractivity contribution in [1.29, 1.82) is 0 Å². The number of hydrogen-bond donors (Lipinski definition) is 0. The highest BCUT2D eigenvalue weighted by molar-refractivity contribution is 5.87. The standard InChI is InChI=1S/C33H36N4/c1-5-9-19-25(17-7-3)31-34-32(26(18-8-4)20-10-6-2)36-33(35-31)37-29-23-14-12-11-13-21-27(29)28-22-15-16-24-30(28)37/h5-10,15-20,22,24H,1,3,11-14,21,23H2,2,4H3/b10-6-,18-8-,19-9-,25-17+,26-20+. The molecule has 2 heterocycles. The molecule has 3 aromatic rings. The van der Waals surface area contributed by atoms with Crippen LogP contribution < -0.4 is 0 Å². The normalized spacial score (nSPS) is 15.4. The zero-order valence-corrected chi connectivity index (χ0v) is 22.0. The molecule has 0 aliphatic heterocycles. The van der Waals surface area contributed by atoms with E-state index in [0.29, 0.717) is 17.6 Å². The molecular weight excluding hydrogens is 452 g/mol. The maximum atomic E-state index is 5.07. The quantitative estimate of drug-likeness (QED) is 0.299. The van der Waals surface area contributed by atoms with Gasteiger partial charge >= 0.3 is 0 Å². The van der Waals surface area contributed by atoms with E-state index in [0.717, 1.165) is 29.5 Å². The van der Waals surface area contributed by atoms with E-state index in [4.69, 9.17) is 15.0 Å². The molecule has 0 saturated heterocycles. The molecule has 37 heavy (non-hydrogen) atoms. The third-order valence-corrected chi connectivity index (χ3v) is 6.54. The van der Waals surface area contributed by atoms with Gasteiger partial charge in [-0.05, 0) is 51.2 Å². The summed E-state index contributed by atoms with van der Waals surface area (Å²) >= 11 is 0. The third-order valence-electron chi connectivity index (χ3n) is 6.54. The molecule has 188 valence electrons. The summed E-state index contributed by atoms with van der Waals surface area (Å²) in [5.74, 6) is 1.89. The van der Waals surface area contributed by atoms with Gasteiger partial charge in [-0.25, -0.2) is 4.98 Å². The van der Waals surface area contributed by atoms with E-state index in [-0.39, 0.29) is 0 Å². The Morgan fingerprint density at radius 1 is 0.784 bits per heavy atom. The van der Waals surface area contributed by atoms with Crippen LogP contribution in [0.3, 0.4) is 0 Å². The van der Waals surface area contributed by atoms with E-state index in [1.54, 1.807) is 12.2 Å². The van der Waals surface area contributed by atoms with Crippen molar-refractivity contribution in [2.45, 2.75) is 52.4 Å². The molecule has 1 aliphatic carbocycles. The first-order valence-corrected chi connectivity index (χ1v) is 13.2. The molecule has 0 radical (unpaired) electrons. The largest absolute Gasteiger partial charge is 0.282 e. The molecule has 0 atom stereocenters. The van der Waals surface area contributed by atoms with Crippen LogP contribution in [0.5, 0.6) is 0 Å². The van der Waals surface area contributed by atoms with Crippen LogP contribution >= 0.6 is 0 Å². The second-order valence-corrected chi connectivity index (χ2v) is 9.07. The fourth-order valence-corrected chi connectivity index (χ4v) is 4.89. The Morgan fingerprint density at radius 3 is 2.22 bits per heavy atom. The van der Waals surface area contributed by atoms with Crippen LogP contribution in [0.25, 0.3) is 28.0 Å². The van der Waals surface area contributed by atoms with Gasteiger partial charge in [0.05, 0.1) is 5.52 Å². The molecular formula is C33H36N4. The molecule has 4 nitrogen and oxygen atoms in total. The Labute approximate surface area is 220 Å². The second-order valence-electron chi connectivity index (χ2n) is 9.07. The van der Waals surface area contributed by atoms with Crippen LogP contribution in [0, 0.1) is 0 Å². The first-order valence-electron chi connectivity index (χ1n) is 13.2. The molecule has 1 aromatic carbocycles. The number of aromatic nitrogens is 4. The first-order chi connectivity index (χ1) is 18.2. The van der Waals surface area contributed by atoms with Crippen molar-refractivity contribution in [2.75, 3.05) is 0 Å². The van der Waals surface area contributed by atoms with Gasteiger partial charge < -0.3 is 0 Å². The third kappa shape index (κ3) is 5.86. The smallest absolute Gasteiger partial charge is 0.238 e. The van der Waals surface area contributed by atoms with Gasteiger partial charge in [0.25, 0.3) is 0 Å². The van der Waals surface area contributed by atoms with Crippen LogP contribution in [0.15, 0.2) is 98.2 Å². The summed E-state index contributed by atoms with van der Waals surface area (Å²) in [6.45, 7) is 11.7. The molecule has 0 saturated carbocycles. The number of para-hydroxylation sites is 1. The number of rotatable bonds is 8. The van der Waals surface area contributed by atoms with E-state index >= 15 is 0 Å². The monoisotopic (exact) mass is 488 g/mol. The Kier molecular flexibility index (Phi) is 8.98.